The number of ketones is 1. The monoisotopic (exact) mass is 351 g/mol. The standard InChI is InChI=1S/C15H13NO5S2/c1-2-21-15(18)16-10-4-3-5-11-12(10)13(17)14-9(6-7-22-14)8-23(11,19)20/h3-7H,2,8H2,1H3,(H,16,18). The summed E-state index contributed by atoms with van der Waals surface area (Å²) >= 11 is 1.19. The Hall–Kier alpha value is -2.19. The number of amides is 1. The molecule has 0 aliphatic carbocycles. The van der Waals surface area contributed by atoms with Crippen LogP contribution in [0.15, 0.2) is 34.5 Å². The number of fused-ring (bicyclic) bond motifs is 2. The van der Waals surface area contributed by atoms with Gasteiger partial charge in [-0.25, -0.2) is 13.2 Å². The van der Waals surface area contributed by atoms with Crippen LogP contribution in [0.3, 0.4) is 0 Å². The van der Waals surface area contributed by atoms with Crippen molar-refractivity contribution in [1.29, 1.82) is 0 Å². The number of ether oxygens (including phenoxy) is 1. The van der Waals surface area contributed by atoms with Gasteiger partial charge in [0.1, 0.15) is 0 Å². The zero-order valence-corrected chi connectivity index (χ0v) is 13.8. The van der Waals surface area contributed by atoms with E-state index in [1.54, 1.807) is 18.4 Å². The van der Waals surface area contributed by atoms with Crippen molar-refractivity contribution in [2.24, 2.45) is 0 Å². The number of thiophene rings is 1. The molecule has 23 heavy (non-hydrogen) atoms. The van der Waals surface area contributed by atoms with Crippen LogP contribution >= 0.6 is 11.3 Å². The molecule has 1 amide bonds. The van der Waals surface area contributed by atoms with Gasteiger partial charge in [-0.15, -0.1) is 11.3 Å². The van der Waals surface area contributed by atoms with E-state index < -0.39 is 21.7 Å². The molecule has 0 unspecified atom stereocenters. The third-order valence-corrected chi connectivity index (χ3v) is 6.06. The molecule has 3 rings (SSSR count). The Labute approximate surface area is 137 Å². The molecule has 1 aliphatic heterocycles. The van der Waals surface area contributed by atoms with Crippen LogP contribution in [0.25, 0.3) is 0 Å². The minimum atomic E-state index is -3.67. The summed E-state index contributed by atoms with van der Waals surface area (Å²) in [7, 11) is -3.67. The Balaban J connectivity index is 2.20. The van der Waals surface area contributed by atoms with E-state index in [-0.39, 0.29) is 28.5 Å². The first kappa shape index (κ1) is 15.7. The van der Waals surface area contributed by atoms with Gasteiger partial charge in [-0.3, -0.25) is 10.1 Å². The zero-order valence-electron chi connectivity index (χ0n) is 12.2. The van der Waals surface area contributed by atoms with Crippen LogP contribution in [0.2, 0.25) is 0 Å². The lowest BCUT2D eigenvalue weighted by atomic mass is 10.1. The first-order chi connectivity index (χ1) is 10.9. The molecule has 0 spiro atoms. The van der Waals surface area contributed by atoms with E-state index >= 15 is 0 Å². The second-order valence-corrected chi connectivity index (χ2v) is 7.76. The van der Waals surface area contributed by atoms with Gasteiger partial charge < -0.3 is 4.74 Å². The quantitative estimate of drug-likeness (QED) is 0.898. The van der Waals surface area contributed by atoms with Crippen LogP contribution in [-0.2, 0) is 20.3 Å². The number of rotatable bonds is 2. The maximum Gasteiger partial charge on any atom is 0.411 e. The summed E-state index contributed by atoms with van der Waals surface area (Å²) < 4.78 is 29.9. The summed E-state index contributed by atoms with van der Waals surface area (Å²) in [5, 5.41) is 4.13. The summed E-state index contributed by atoms with van der Waals surface area (Å²) in [6, 6.07) is 6.00. The lowest BCUT2D eigenvalue weighted by Gasteiger charge is -2.12. The summed E-state index contributed by atoms with van der Waals surface area (Å²) in [6.45, 7) is 1.82. The molecule has 1 aromatic heterocycles. The molecule has 0 bridgehead atoms. The van der Waals surface area contributed by atoms with E-state index in [1.165, 1.54) is 29.5 Å². The van der Waals surface area contributed by atoms with Crippen molar-refractivity contribution in [3.05, 3.63) is 45.6 Å². The molecule has 6 nitrogen and oxygen atoms in total. The fraction of sp³-hybridized carbons (Fsp3) is 0.200. The highest BCUT2D eigenvalue weighted by Crippen LogP contribution is 2.35. The summed E-state index contributed by atoms with van der Waals surface area (Å²) in [5.74, 6) is -0.633. The van der Waals surface area contributed by atoms with Gasteiger partial charge in [-0.1, -0.05) is 6.07 Å². The minimum absolute atomic E-state index is 0.0123. The maximum absolute atomic E-state index is 12.8. The summed E-state index contributed by atoms with van der Waals surface area (Å²) in [5.41, 5.74) is 0.607. The number of carbonyl (C=O) groups excluding carboxylic acids is 2. The van der Waals surface area contributed by atoms with Gasteiger partial charge >= 0.3 is 6.09 Å². The number of hydrogen-bond donors (Lipinski definition) is 1. The average Bonchev–Trinajstić information content (AvgIpc) is 2.91. The fourth-order valence-corrected chi connectivity index (χ4v) is 5.02. The SMILES string of the molecule is CCOC(=O)Nc1cccc2c1C(=O)c1sccc1CS2(=O)=O. The van der Waals surface area contributed by atoms with Gasteiger partial charge in [0.2, 0.25) is 5.78 Å². The van der Waals surface area contributed by atoms with E-state index in [0.717, 1.165) is 0 Å². The van der Waals surface area contributed by atoms with Gasteiger partial charge in [0, 0.05) is 0 Å². The second-order valence-electron chi connectivity index (χ2n) is 4.89. The van der Waals surface area contributed by atoms with Crippen LogP contribution in [0.5, 0.6) is 0 Å². The molecule has 1 aromatic carbocycles. The van der Waals surface area contributed by atoms with Crippen molar-refractivity contribution in [3.8, 4) is 0 Å². The molecule has 120 valence electrons. The number of benzene rings is 1. The van der Waals surface area contributed by atoms with Gasteiger partial charge in [0.05, 0.1) is 33.4 Å². The first-order valence-electron chi connectivity index (χ1n) is 6.84. The number of anilines is 1. The van der Waals surface area contributed by atoms with Crippen molar-refractivity contribution < 1.29 is 22.7 Å². The zero-order chi connectivity index (χ0) is 16.6. The van der Waals surface area contributed by atoms with Crippen LogP contribution in [0, 0.1) is 0 Å². The molecule has 0 radical (unpaired) electrons. The molecule has 1 N–H and O–H groups in total. The topological polar surface area (TPSA) is 89.5 Å². The highest BCUT2D eigenvalue weighted by atomic mass is 32.2. The Morgan fingerprint density at radius 3 is 2.87 bits per heavy atom. The van der Waals surface area contributed by atoms with E-state index in [1.807, 2.05) is 0 Å². The normalized spacial score (nSPS) is 15.3. The smallest absolute Gasteiger partial charge is 0.411 e. The molecule has 2 aromatic rings. The Morgan fingerprint density at radius 2 is 2.13 bits per heavy atom. The molecule has 0 saturated carbocycles. The molecule has 0 atom stereocenters. The van der Waals surface area contributed by atoms with Crippen LogP contribution in [-0.4, -0.2) is 26.9 Å². The van der Waals surface area contributed by atoms with Crippen molar-refractivity contribution in [1.82, 2.24) is 0 Å². The largest absolute Gasteiger partial charge is 0.450 e. The van der Waals surface area contributed by atoms with Crippen molar-refractivity contribution >= 4 is 38.7 Å². The molecular formula is C15H13NO5S2. The lowest BCUT2D eigenvalue weighted by molar-refractivity contribution is 0.104. The number of sulfone groups is 1. The number of nitrogens with one attached hydrogen (secondary N) is 1. The predicted molar refractivity (Wildman–Crippen MR) is 85.7 cm³/mol. The van der Waals surface area contributed by atoms with Gasteiger partial charge in [-0.05, 0) is 36.1 Å². The predicted octanol–water partition coefficient (Wildman–Crippen LogP) is 2.83. The third kappa shape index (κ3) is 2.75. The van der Waals surface area contributed by atoms with E-state index in [9.17, 15) is 18.0 Å². The average molecular weight is 351 g/mol. The van der Waals surface area contributed by atoms with Crippen molar-refractivity contribution in [2.45, 2.75) is 17.6 Å². The summed E-state index contributed by atoms with van der Waals surface area (Å²) in [4.78, 5) is 24.8. The molecular weight excluding hydrogens is 338 g/mol. The molecule has 8 heteroatoms. The Kier molecular flexibility index (Phi) is 3.95. The number of hydrogen-bond acceptors (Lipinski definition) is 6. The second kappa shape index (κ2) is 5.78. The molecule has 0 fully saturated rings. The minimum Gasteiger partial charge on any atom is -0.450 e. The van der Waals surface area contributed by atoms with Crippen molar-refractivity contribution in [3.63, 3.8) is 0 Å². The first-order valence-corrected chi connectivity index (χ1v) is 9.38. The van der Waals surface area contributed by atoms with E-state index in [0.29, 0.717) is 10.4 Å². The van der Waals surface area contributed by atoms with E-state index in [2.05, 4.69) is 5.32 Å². The van der Waals surface area contributed by atoms with Crippen LogP contribution in [0.4, 0.5) is 10.5 Å². The van der Waals surface area contributed by atoms with Crippen molar-refractivity contribution in [2.75, 3.05) is 11.9 Å². The maximum atomic E-state index is 12.8. The lowest BCUT2D eigenvalue weighted by Crippen LogP contribution is -2.17. The van der Waals surface area contributed by atoms with Gasteiger partial charge in [0.25, 0.3) is 0 Å². The Bertz CT molecular complexity index is 898. The molecule has 2 heterocycles. The summed E-state index contributed by atoms with van der Waals surface area (Å²) in [6.07, 6.45) is -0.734. The van der Waals surface area contributed by atoms with Crippen LogP contribution < -0.4 is 5.32 Å². The number of carbonyl (C=O) groups is 2. The molecule has 1 aliphatic rings. The highest BCUT2D eigenvalue weighted by molar-refractivity contribution is 7.90. The highest BCUT2D eigenvalue weighted by Gasteiger charge is 2.33. The van der Waals surface area contributed by atoms with Gasteiger partial charge in [0.15, 0.2) is 9.84 Å². The Morgan fingerprint density at radius 1 is 1.35 bits per heavy atom. The fourth-order valence-electron chi connectivity index (χ4n) is 2.45. The van der Waals surface area contributed by atoms with Crippen LogP contribution in [0.1, 0.15) is 27.7 Å². The van der Waals surface area contributed by atoms with E-state index in [4.69, 9.17) is 4.74 Å². The third-order valence-electron chi connectivity index (χ3n) is 3.40. The van der Waals surface area contributed by atoms with Gasteiger partial charge in [-0.2, -0.15) is 0 Å². The molecule has 0 saturated heterocycles.